The average molecular weight is 280 g/mol. The molecule has 0 saturated heterocycles. The Bertz CT molecular complexity index is 336. The fraction of sp³-hybridized carbons (Fsp3) is 0.125. The predicted molar refractivity (Wildman–Crippen MR) is 50.8 cm³/mol. The Morgan fingerprint density at radius 3 is 2.58 bits per heavy atom. The van der Waals surface area contributed by atoms with Crippen molar-refractivity contribution >= 4 is 28.6 Å². The molecule has 0 fully saturated rings. The lowest BCUT2D eigenvalue weighted by molar-refractivity contribution is 0.0691. The molecule has 0 aliphatic carbocycles. The molecule has 0 radical (unpaired) electrons. The van der Waals surface area contributed by atoms with E-state index in [0.29, 0.717) is 5.56 Å². The quantitative estimate of drug-likeness (QED) is 0.802. The fourth-order valence-electron chi connectivity index (χ4n) is 0.916. The molecule has 0 aliphatic rings. The molecule has 1 aromatic rings. The summed E-state index contributed by atoms with van der Waals surface area (Å²) >= 11 is 1.97. The molecule has 0 heterocycles. The molecule has 1 N–H and O–H groups in total. The second-order valence-corrected chi connectivity index (χ2v) is 3.50. The largest absolute Gasteiger partial charge is 0.478 e. The Labute approximate surface area is 82.5 Å². The summed E-state index contributed by atoms with van der Waals surface area (Å²) < 4.78 is 13.7. The Balaban J connectivity index is 3.43. The minimum Gasteiger partial charge on any atom is -0.478 e. The smallest absolute Gasteiger partial charge is 0.338 e. The highest BCUT2D eigenvalue weighted by atomic mass is 127. The van der Waals surface area contributed by atoms with Gasteiger partial charge in [0.2, 0.25) is 0 Å². The number of hydrogen-bond acceptors (Lipinski definition) is 1. The lowest BCUT2D eigenvalue weighted by atomic mass is 10.1. The number of carboxylic acids is 1. The van der Waals surface area contributed by atoms with Crippen LogP contribution >= 0.6 is 22.6 Å². The number of hydrogen-bond donors (Lipinski definition) is 1. The number of carbonyl (C=O) groups is 1. The second-order valence-electron chi connectivity index (χ2n) is 2.33. The van der Waals surface area contributed by atoms with Crippen LogP contribution in [-0.2, 0) is 0 Å². The summed E-state index contributed by atoms with van der Waals surface area (Å²) in [5.74, 6) is -1.90. The van der Waals surface area contributed by atoms with Crippen LogP contribution < -0.4 is 0 Å². The van der Waals surface area contributed by atoms with Gasteiger partial charge in [0.25, 0.3) is 0 Å². The third-order valence-electron chi connectivity index (χ3n) is 1.56. The Morgan fingerprint density at radius 1 is 1.58 bits per heavy atom. The van der Waals surface area contributed by atoms with Crippen molar-refractivity contribution in [3.63, 3.8) is 0 Å². The highest BCUT2D eigenvalue weighted by molar-refractivity contribution is 14.1. The summed E-state index contributed by atoms with van der Waals surface area (Å²) in [6.45, 7) is 1.59. The van der Waals surface area contributed by atoms with E-state index in [1.165, 1.54) is 0 Å². The van der Waals surface area contributed by atoms with Gasteiger partial charge in [-0.3, -0.25) is 0 Å². The van der Waals surface area contributed by atoms with Crippen molar-refractivity contribution in [1.29, 1.82) is 0 Å². The van der Waals surface area contributed by atoms with Crippen LogP contribution in [0.1, 0.15) is 15.9 Å². The van der Waals surface area contributed by atoms with E-state index in [2.05, 4.69) is 0 Å². The van der Waals surface area contributed by atoms with Crippen molar-refractivity contribution in [1.82, 2.24) is 0 Å². The zero-order valence-electron chi connectivity index (χ0n) is 6.27. The molecule has 64 valence electrons. The molecule has 0 unspecified atom stereocenters. The van der Waals surface area contributed by atoms with Crippen molar-refractivity contribution in [3.8, 4) is 0 Å². The fourth-order valence-corrected chi connectivity index (χ4v) is 1.37. The minimum atomic E-state index is -1.22. The van der Waals surface area contributed by atoms with Gasteiger partial charge in [0.15, 0.2) is 0 Å². The average Bonchev–Trinajstić information content (AvgIpc) is 1.97. The van der Waals surface area contributed by atoms with Crippen molar-refractivity contribution in [2.45, 2.75) is 6.92 Å². The third kappa shape index (κ3) is 1.57. The van der Waals surface area contributed by atoms with Crippen LogP contribution in [0.25, 0.3) is 0 Å². The monoisotopic (exact) mass is 280 g/mol. The van der Waals surface area contributed by atoms with E-state index < -0.39 is 11.8 Å². The van der Waals surface area contributed by atoms with Crippen molar-refractivity contribution in [3.05, 3.63) is 32.6 Å². The van der Waals surface area contributed by atoms with E-state index in [4.69, 9.17) is 5.11 Å². The van der Waals surface area contributed by atoms with E-state index in [-0.39, 0.29) is 5.56 Å². The van der Waals surface area contributed by atoms with E-state index in [1.54, 1.807) is 13.0 Å². The highest BCUT2D eigenvalue weighted by Gasteiger charge is 2.14. The predicted octanol–water partition coefficient (Wildman–Crippen LogP) is 2.44. The van der Waals surface area contributed by atoms with Gasteiger partial charge in [0, 0.05) is 3.57 Å². The van der Waals surface area contributed by atoms with Gasteiger partial charge in [-0.25, -0.2) is 9.18 Å². The van der Waals surface area contributed by atoms with Crippen molar-refractivity contribution < 1.29 is 14.3 Å². The molecule has 0 amide bonds. The minimum absolute atomic E-state index is 0.234. The van der Waals surface area contributed by atoms with Crippen LogP contribution in [0.2, 0.25) is 0 Å². The van der Waals surface area contributed by atoms with Gasteiger partial charge in [0.05, 0.1) is 5.56 Å². The molecular formula is C8H6FIO2. The van der Waals surface area contributed by atoms with Crippen LogP contribution in [-0.4, -0.2) is 11.1 Å². The van der Waals surface area contributed by atoms with E-state index in [1.807, 2.05) is 22.6 Å². The SMILES string of the molecule is Cc1c(I)ccc(F)c1C(=O)O. The lowest BCUT2D eigenvalue weighted by Crippen LogP contribution is -2.04. The maximum absolute atomic E-state index is 12.9. The van der Waals surface area contributed by atoms with Crippen molar-refractivity contribution in [2.24, 2.45) is 0 Å². The summed E-state index contributed by atoms with van der Waals surface area (Å²) in [5.41, 5.74) is 0.241. The first kappa shape index (κ1) is 9.44. The zero-order chi connectivity index (χ0) is 9.30. The Morgan fingerprint density at radius 2 is 2.17 bits per heavy atom. The van der Waals surface area contributed by atoms with Gasteiger partial charge < -0.3 is 5.11 Å². The maximum Gasteiger partial charge on any atom is 0.338 e. The topological polar surface area (TPSA) is 37.3 Å². The van der Waals surface area contributed by atoms with Crippen LogP contribution in [0, 0.1) is 16.3 Å². The molecule has 4 heteroatoms. The lowest BCUT2D eigenvalue weighted by Gasteiger charge is -2.03. The number of halogens is 2. The molecule has 12 heavy (non-hydrogen) atoms. The summed E-state index contributed by atoms with van der Waals surface area (Å²) in [6, 6.07) is 2.72. The summed E-state index contributed by atoms with van der Waals surface area (Å²) in [6.07, 6.45) is 0. The van der Waals surface area contributed by atoms with E-state index in [9.17, 15) is 9.18 Å². The molecule has 1 rings (SSSR count). The number of benzene rings is 1. The van der Waals surface area contributed by atoms with Gasteiger partial charge in [-0.1, -0.05) is 0 Å². The second kappa shape index (κ2) is 3.38. The molecule has 0 aliphatic heterocycles. The molecule has 0 saturated carbocycles. The van der Waals surface area contributed by atoms with Crippen LogP contribution in [0.4, 0.5) is 4.39 Å². The molecule has 0 spiro atoms. The van der Waals surface area contributed by atoms with Gasteiger partial charge in [-0.2, -0.15) is 0 Å². The zero-order valence-corrected chi connectivity index (χ0v) is 8.42. The summed E-state index contributed by atoms with van der Waals surface area (Å²) in [7, 11) is 0. The van der Waals surface area contributed by atoms with Gasteiger partial charge in [0.1, 0.15) is 5.82 Å². The van der Waals surface area contributed by atoms with Crippen molar-refractivity contribution in [2.75, 3.05) is 0 Å². The first-order chi connectivity index (χ1) is 5.54. The number of carboxylic acid groups (broad SMARTS) is 1. The standard InChI is InChI=1S/C8H6FIO2/c1-4-6(10)3-2-5(9)7(4)8(11)12/h2-3H,1H3,(H,11,12). The van der Waals surface area contributed by atoms with E-state index in [0.717, 1.165) is 9.64 Å². The Hall–Kier alpha value is -0.650. The molecule has 0 aromatic heterocycles. The molecule has 1 aromatic carbocycles. The molecule has 2 nitrogen and oxygen atoms in total. The highest BCUT2D eigenvalue weighted by Crippen LogP contribution is 2.18. The van der Waals surface area contributed by atoms with E-state index >= 15 is 0 Å². The first-order valence-electron chi connectivity index (χ1n) is 3.22. The first-order valence-corrected chi connectivity index (χ1v) is 4.30. The van der Waals surface area contributed by atoms with Gasteiger partial charge >= 0.3 is 5.97 Å². The normalized spacial score (nSPS) is 9.92. The molecular weight excluding hydrogens is 274 g/mol. The maximum atomic E-state index is 12.9. The van der Waals surface area contributed by atoms with Gasteiger partial charge in [-0.15, -0.1) is 0 Å². The van der Waals surface area contributed by atoms with Crippen LogP contribution in [0.15, 0.2) is 12.1 Å². The summed E-state index contributed by atoms with van der Waals surface area (Å²) in [4.78, 5) is 10.6. The van der Waals surface area contributed by atoms with Crippen LogP contribution in [0.5, 0.6) is 0 Å². The number of aromatic carboxylic acids is 1. The number of rotatable bonds is 1. The molecule has 0 atom stereocenters. The third-order valence-corrected chi connectivity index (χ3v) is 2.73. The summed E-state index contributed by atoms with van der Waals surface area (Å²) in [5, 5.41) is 8.63. The molecule has 0 bridgehead atoms. The Kier molecular flexibility index (Phi) is 2.66. The van der Waals surface area contributed by atoms with Gasteiger partial charge in [-0.05, 0) is 47.2 Å². The van der Waals surface area contributed by atoms with Crippen LogP contribution in [0.3, 0.4) is 0 Å².